The van der Waals surface area contributed by atoms with Gasteiger partial charge in [-0.3, -0.25) is 9.59 Å². The van der Waals surface area contributed by atoms with E-state index in [2.05, 4.69) is 10.1 Å². The van der Waals surface area contributed by atoms with Crippen LogP contribution in [0, 0.1) is 5.92 Å². The smallest absolute Gasteiger partial charge is 0.285 e. The number of carbonyl (C=O) groups excluding carboxylic acids is 1. The molecule has 9 nitrogen and oxygen atoms in total. The Bertz CT molecular complexity index is 1180. The van der Waals surface area contributed by atoms with Crippen LogP contribution in [0.3, 0.4) is 0 Å². The monoisotopic (exact) mass is 470 g/mol. The third kappa shape index (κ3) is 5.38. The fourth-order valence-corrected chi connectivity index (χ4v) is 4.81. The Kier molecular flexibility index (Phi) is 7.33. The highest BCUT2D eigenvalue weighted by atomic mass is 31.2. The van der Waals surface area contributed by atoms with E-state index in [0.29, 0.717) is 47.6 Å². The van der Waals surface area contributed by atoms with Crippen molar-refractivity contribution in [2.75, 3.05) is 31.3 Å². The summed E-state index contributed by atoms with van der Waals surface area (Å²) in [6, 6.07) is 10.9. The van der Waals surface area contributed by atoms with E-state index in [9.17, 15) is 19.4 Å². The number of anilines is 1. The molecule has 0 saturated carbocycles. The average Bonchev–Trinajstić information content (AvgIpc) is 2.83. The molecule has 174 valence electrons. The molecule has 3 heterocycles. The third-order valence-electron chi connectivity index (χ3n) is 6.02. The average molecular weight is 470 g/mol. The molecule has 2 N–H and O–H groups in total. The molecule has 0 amide bonds. The van der Waals surface area contributed by atoms with Crippen molar-refractivity contribution in [3.05, 3.63) is 58.5 Å². The number of aromatic nitrogens is 3. The van der Waals surface area contributed by atoms with E-state index in [1.807, 2.05) is 35.2 Å². The van der Waals surface area contributed by atoms with Gasteiger partial charge in [-0.05, 0) is 30.7 Å². The minimum absolute atomic E-state index is 0.0712. The van der Waals surface area contributed by atoms with E-state index in [4.69, 9.17) is 4.74 Å². The van der Waals surface area contributed by atoms with Crippen LogP contribution in [0.2, 0.25) is 0 Å². The number of carbonyl (C=O) groups is 1. The van der Waals surface area contributed by atoms with Gasteiger partial charge in [0.05, 0.1) is 25.1 Å². The Morgan fingerprint density at radius 3 is 2.61 bits per heavy atom. The maximum atomic E-state index is 13.4. The molecular weight excluding hydrogens is 443 g/mol. The number of pyridine rings is 1. The van der Waals surface area contributed by atoms with Crippen molar-refractivity contribution in [3.8, 4) is 5.88 Å². The van der Waals surface area contributed by atoms with E-state index >= 15 is 0 Å². The SMILES string of the molecule is COc1cc2cnn(C(=O)Cc3ccccc3)c(=O)c2c(N2CCC(CCP(O)O)CC2)n1. The van der Waals surface area contributed by atoms with Crippen LogP contribution in [-0.4, -0.2) is 56.8 Å². The quantitative estimate of drug-likeness (QED) is 0.506. The number of nitrogens with zero attached hydrogens (tertiary/aromatic N) is 4. The van der Waals surface area contributed by atoms with Crippen molar-refractivity contribution in [2.24, 2.45) is 5.92 Å². The standard InChI is InChI=1S/C23H27N4O5P/c1-32-19-14-18-15-24-27(20(28)13-17-5-3-2-4-6-17)23(29)21(18)22(25-19)26-10-7-16(8-11-26)9-12-33(30)31/h2-6,14-16,30-31H,7-13H2,1H3. The molecule has 33 heavy (non-hydrogen) atoms. The molecule has 0 unspecified atom stereocenters. The normalized spacial score (nSPS) is 14.7. The van der Waals surface area contributed by atoms with Crippen molar-refractivity contribution in [1.82, 2.24) is 14.8 Å². The summed E-state index contributed by atoms with van der Waals surface area (Å²) in [5, 5.41) is 5.04. The lowest BCUT2D eigenvalue weighted by molar-refractivity contribution is 0.0893. The zero-order valence-corrected chi connectivity index (χ0v) is 19.3. The van der Waals surface area contributed by atoms with Gasteiger partial charge in [-0.25, -0.2) is 0 Å². The number of hydrogen-bond acceptors (Lipinski definition) is 8. The first-order valence-corrected chi connectivity index (χ1v) is 12.3. The number of methoxy groups -OCH3 is 1. The van der Waals surface area contributed by atoms with Crippen LogP contribution in [-0.2, 0) is 6.42 Å². The Morgan fingerprint density at radius 2 is 1.94 bits per heavy atom. The molecule has 0 radical (unpaired) electrons. The van der Waals surface area contributed by atoms with Gasteiger partial charge in [0.2, 0.25) is 5.88 Å². The largest absolute Gasteiger partial charge is 0.481 e. The lowest BCUT2D eigenvalue weighted by Crippen LogP contribution is -2.36. The minimum Gasteiger partial charge on any atom is -0.481 e. The third-order valence-corrected chi connectivity index (χ3v) is 6.68. The highest BCUT2D eigenvalue weighted by Gasteiger charge is 2.25. The second-order valence-corrected chi connectivity index (χ2v) is 9.38. The summed E-state index contributed by atoms with van der Waals surface area (Å²) in [7, 11) is -0.351. The molecule has 0 spiro atoms. The van der Waals surface area contributed by atoms with Crippen LogP contribution in [0.25, 0.3) is 10.8 Å². The van der Waals surface area contributed by atoms with Crippen LogP contribution in [0.4, 0.5) is 5.82 Å². The van der Waals surface area contributed by atoms with Crippen LogP contribution in [0.5, 0.6) is 5.88 Å². The van der Waals surface area contributed by atoms with Crippen LogP contribution < -0.4 is 15.2 Å². The summed E-state index contributed by atoms with van der Waals surface area (Å²) in [6.45, 7) is 1.35. The van der Waals surface area contributed by atoms with Gasteiger partial charge in [-0.1, -0.05) is 30.3 Å². The zero-order chi connectivity index (χ0) is 23.4. The van der Waals surface area contributed by atoms with E-state index < -0.39 is 19.8 Å². The first-order chi connectivity index (χ1) is 16.0. The maximum absolute atomic E-state index is 13.4. The Hall–Kier alpha value is -2.87. The van der Waals surface area contributed by atoms with Gasteiger partial charge in [0, 0.05) is 30.7 Å². The first-order valence-electron chi connectivity index (χ1n) is 10.9. The Morgan fingerprint density at radius 1 is 1.21 bits per heavy atom. The highest BCUT2D eigenvalue weighted by Crippen LogP contribution is 2.33. The summed E-state index contributed by atoms with van der Waals surface area (Å²) in [4.78, 5) is 51.2. The summed E-state index contributed by atoms with van der Waals surface area (Å²) in [5.74, 6) is 0.856. The first kappa shape index (κ1) is 23.3. The second-order valence-electron chi connectivity index (χ2n) is 8.19. The lowest BCUT2D eigenvalue weighted by atomic mass is 9.94. The highest BCUT2D eigenvalue weighted by molar-refractivity contribution is 7.45. The zero-order valence-electron chi connectivity index (χ0n) is 18.4. The van der Waals surface area contributed by atoms with Gasteiger partial charge in [-0.2, -0.15) is 14.8 Å². The number of benzene rings is 1. The molecule has 1 aliphatic rings. The fourth-order valence-electron chi connectivity index (χ4n) is 4.21. The van der Waals surface area contributed by atoms with E-state index in [1.165, 1.54) is 13.3 Å². The number of piperidine rings is 1. The van der Waals surface area contributed by atoms with E-state index in [0.717, 1.165) is 29.5 Å². The van der Waals surface area contributed by atoms with E-state index in [1.54, 1.807) is 6.07 Å². The Labute approximate surface area is 192 Å². The van der Waals surface area contributed by atoms with Crippen LogP contribution in [0.1, 0.15) is 29.6 Å². The molecule has 1 aromatic carbocycles. The molecule has 2 aromatic heterocycles. The summed E-state index contributed by atoms with van der Waals surface area (Å²) in [6.07, 6.45) is 4.47. The molecule has 0 bridgehead atoms. The summed E-state index contributed by atoms with van der Waals surface area (Å²) < 4.78 is 6.26. The van der Waals surface area contributed by atoms with Crippen molar-refractivity contribution in [1.29, 1.82) is 0 Å². The molecule has 4 rings (SSSR count). The van der Waals surface area contributed by atoms with Crippen molar-refractivity contribution >= 4 is 30.9 Å². The molecule has 1 saturated heterocycles. The molecule has 1 fully saturated rings. The molecule has 3 aromatic rings. The van der Waals surface area contributed by atoms with Gasteiger partial charge < -0.3 is 19.4 Å². The maximum Gasteiger partial charge on any atom is 0.285 e. The number of ether oxygens (including phenoxy) is 1. The molecule has 10 heteroatoms. The summed E-state index contributed by atoms with van der Waals surface area (Å²) in [5.41, 5.74) is 0.313. The van der Waals surface area contributed by atoms with Crippen LogP contribution >= 0.6 is 8.38 Å². The van der Waals surface area contributed by atoms with Gasteiger partial charge >= 0.3 is 0 Å². The molecule has 0 aliphatic carbocycles. The number of hydrogen-bond donors (Lipinski definition) is 2. The molecule has 1 aliphatic heterocycles. The predicted octanol–water partition coefficient (Wildman–Crippen LogP) is 2.59. The summed E-state index contributed by atoms with van der Waals surface area (Å²) >= 11 is 0. The Balaban J connectivity index is 1.65. The van der Waals surface area contributed by atoms with Gasteiger partial charge in [0.25, 0.3) is 11.5 Å². The number of rotatable bonds is 7. The second kappa shape index (κ2) is 10.4. The van der Waals surface area contributed by atoms with E-state index in [-0.39, 0.29) is 6.42 Å². The van der Waals surface area contributed by atoms with Crippen molar-refractivity contribution in [2.45, 2.75) is 25.7 Å². The van der Waals surface area contributed by atoms with Crippen molar-refractivity contribution in [3.63, 3.8) is 0 Å². The van der Waals surface area contributed by atoms with Crippen LogP contribution in [0.15, 0.2) is 47.4 Å². The number of fused-ring (bicyclic) bond motifs is 1. The van der Waals surface area contributed by atoms with Crippen molar-refractivity contribution < 1.29 is 19.3 Å². The predicted molar refractivity (Wildman–Crippen MR) is 127 cm³/mol. The fraction of sp³-hybridized carbons (Fsp3) is 0.391. The minimum atomic E-state index is -1.87. The van der Waals surface area contributed by atoms with Gasteiger partial charge in [0.1, 0.15) is 5.82 Å². The van der Waals surface area contributed by atoms with Gasteiger partial charge in [0.15, 0.2) is 8.38 Å². The molecular formula is C23H27N4O5P. The van der Waals surface area contributed by atoms with Gasteiger partial charge in [-0.15, -0.1) is 0 Å². The topological polar surface area (TPSA) is 118 Å². The molecule has 0 atom stereocenters. The lowest BCUT2D eigenvalue weighted by Gasteiger charge is -2.33.